The molecule has 0 unspecified atom stereocenters. The van der Waals surface area contributed by atoms with Crippen LogP contribution in [0.4, 0.5) is 5.69 Å². The van der Waals surface area contributed by atoms with Gasteiger partial charge >= 0.3 is 0 Å². The molecule has 1 aliphatic rings. The number of carbonyl (C=O) groups excluding carboxylic acids is 1. The van der Waals surface area contributed by atoms with Crippen molar-refractivity contribution in [3.8, 4) is 17.1 Å². The predicted octanol–water partition coefficient (Wildman–Crippen LogP) is 4.71. The number of amides is 1. The highest BCUT2D eigenvalue weighted by Crippen LogP contribution is 2.42. The van der Waals surface area contributed by atoms with E-state index in [4.69, 9.17) is 9.72 Å². The maximum absolute atomic E-state index is 12.2. The standard InChI is InChI=1S/C22H25N3O2/c1-4-13-27-21-16-10-9-14(2)25(15(3)26)20(16)12-11-17(21)22-23-18-7-5-6-8-19(18)24-22/h5-8,11-12,14H,4,9-10,13H2,1-3H3,(H,23,24)/t14-/m0/s1. The smallest absolute Gasteiger partial charge is 0.224 e. The van der Waals surface area contributed by atoms with E-state index < -0.39 is 0 Å². The molecule has 0 saturated heterocycles. The molecule has 1 amide bonds. The number of ether oxygens (including phenoxy) is 1. The number of carbonyl (C=O) groups is 1. The first kappa shape index (κ1) is 17.6. The molecular weight excluding hydrogens is 338 g/mol. The molecule has 0 spiro atoms. The molecule has 140 valence electrons. The van der Waals surface area contributed by atoms with Gasteiger partial charge in [-0.2, -0.15) is 0 Å². The predicted molar refractivity (Wildman–Crippen MR) is 108 cm³/mol. The van der Waals surface area contributed by atoms with Crippen LogP contribution in [0, 0.1) is 0 Å². The van der Waals surface area contributed by atoms with Gasteiger partial charge in [-0.05, 0) is 50.5 Å². The van der Waals surface area contributed by atoms with E-state index in [1.807, 2.05) is 41.3 Å². The van der Waals surface area contributed by atoms with E-state index in [1.165, 1.54) is 0 Å². The van der Waals surface area contributed by atoms with Crippen molar-refractivity contribution in [2.45, 2.75) is 46.1 Å². The van der Waals surface area contributed by atoms with Crippen molar-refractivity contribution in [1.82, 2.24) is 9.97 Å². The Morgan fingerprint density at radius 3 is 2.85 bits per heavy atom. The summed E-state index contributed by atoms with van der Waals surface area (Å²) in [4.78, 5) is 22.3. The zero-order valence-electron chi connectivity index (χ0n) is 16.1. The molecule has 1 atom stereocenters. The van der Waals surface area contributed by atoms with Crippen molar-refractivity contribution in [3.63, 3.8) is 0 Å². The van der Waals surface area contributed by atoms with E-state index in [0.717, 1.165) is 58.7 Å². The minimum Gasteiger partial charge on any atom is -0.492 e. The number of rotatable bonds is 4. The number of nitrogens with one attached hydrogen (secondary N) is 1. The van der Waals surface area contributed by atoms with Crippen LogP contribution in [0.5, 0.6) is 5.75 Å². The van der Waals surface area contributed by atoms with Gasteiger partial charge in [-0.1, -0.05) is 19.1 Å². The number of H-pyrrole nitrogens is 1. The number of nitrogens with zero attached hydrogens (tertiary/aromatic N) is 2. The first-order valence-electron chi connectivity index (χ1n) is 9.63. The lowest BCUT2D eigenvalue weighted by Gasteiger charge is -2.35. The Kier molecular flexibility index (Phi) is 4.60. The third-order valence-corrected chi connectivity index (χ3v) is 5.18. The second-order valence-electron chi connectivity index (χ2n) is 7.17. The highest BCUT2D eigenvalue weighted by atomic mass is 16.5. The molecule has 0 fully saturated rings. The van der Waals surface area contributed by atoms with E-state index in [-0.39, 0.29) is 11.9 Å². The molecule has 5 heteroatoms. The Hall–Kier alpha value is -2.82. The molecule has 1 N–H and O–H groups in total. The number of imidazole rings is 1. The summed E-state index contributed by atoms with van der Waals surface area (Å²) in [5.41, 5.74) is 4.97. The van der Waals surface area contributed by atoms with Crippen molar-refractivity contribution >= 4 is 22.6 Å². The Morgan fingerprint density at radius 2 is 2.11 bits per heavy atom. The van der Waals surface area contributed by atoms with Crippen LogP contribution >= 0.6 is 0 Å². The number of anilines is 1. The Labute approximate surface area is 159 Å². The minimum atomic E-state index is 0.0707. The van der Waals surface area contributed by atoms with Crippen LogP contribution in [0.25, 0.3) is 22.4 Å². The second kappa shape index (κ2) is 7.06. The van der Waals surface area contributed by atoms with Crippen LogP contribution in [0.1, 0.15) is 39.2 Å². The average Bonchev–Trinajstić information content (AvgIpc) is 3.09. The van der Waals surface area contributed by atoms with Crippen LogP contribution in [-0.2, 0) is 11.2 Å². The molecule has 27 heavy (non-hydrogen) atoms. The monoisotopic (exact) mass is 363 g/mol. The van der Waals surface area contributed by atoms with E-state index in [1.54, 1.807) is 6.92 Å². The molecule has 1 aliphatic heterocycles. The molecule has 4 rings (SSSR count). The SMILES string of the molecule is CCCOc1c(-c2nc3ccccc3[nH]2)ccc2c1CC[C@H](C)N2C(C)=O. The molecule has 0 saturated carbocycles. The minimum absolute atomic E-state index is 0.0707. The van der Waals surface area contributed by atoms with Gasteiger partial charge in [-0.25, -0.2) is 4.98 Å². The van der Waals surface area contributed by atoms with E-state index in [9.17, 15) is 4.79 Å². The first-order valence-corrected chi connectivity index (χ1v) is 9.63. The van der Waals surface area contributed by atoms with Crippen molar-refractivity contribution in [2.24, 2.45) is 0 Å². The summed E-state index contributed by atoms with van der Waals surface area (Å²) in [5, 5.41) is 0. The normalized spacial score (nSPS) is 16.4. The first-order chi connectivity index (χ1) is 13.1. The van der Waals surface area contributed by atoms with Gasteiger partial charge in [0.05, 0.1) is 28.9 Å². The molecule has 2 heterocycles. The number of para-hydroxylation sites is 2. The van der Waals surface area contributed by atoms with Gasteiger partial charge in [0.1, 0.15) is 11.6 Å². The highest BCUT2D eigenvalue weighted by Gasteiger charge is 2.30. The number of aromatic amines is 1. The van der Waals surface area contributed by atoms with Crippen LogP contribution in [0.15, 0.2) is 36.4 Å². The fourth-order valence-corrected chi connectivity index (χ4v) is 3.92. The van der Waals surface area contributed by atoms with Gasteiger partial charge in [-0.15, -0.1) is 0 Å². The van der Waals surface area contributed by atoms with Crippen LogP contribution in [-0.4, -0.2) is 28.5 Å². The summed E-state index contributed by atoms with van der Waals surface area (Å²) in [6.45, 7) is 6.47. The third kappa shape index (κ3) is 3.07. The number of fused-ring (bicyclic) bond motifs is 2. The van der Waals surface area contributed by atoms with Gasteiger partial charge in [0.15, 0.2) is 0 Å². The number of hydrogen-bond acceptors (Lipinski definition) is 3. The van der Waals surface area contributed by atoms with Gasteiger partial charge in [-0.3, -0.25) is 4.79 Å². The second-order valence-corrected chi connectivity index (χ2v) is 7.17. The van der Waals surface area contributed by atoms with Crippen LogP contribution in [0.3, 0.4) is 0 Å². The molecule has 3 aromatic rings. The van der Waals surface area contributed by atoms with Gasteiger partial charge in [0, 0.05) is 18.5 Å². The lowest BCUT2D eigenvalue weighted by Crippen LogP contribution is -2.40. The molecular formula is C22H25N3O2. The maximum atomic E-state index is 12.2. The molecule has 2 aromatic carbocycles. The van der Waals surface area contributed by atoms with Crippen molar-refractivity contribution in [2.75, 3.05) is 11.5 Å². The number of aromatic nitrogens is 2. The Morgan fingerprint density at radius 1 is 1.30 bits per heavy atom. The summed E-state index contributed by atoms with van der Waals surface area (Å²) < 4.78 is 6.20. The summed E-state index contributed by atoms with van der Waals surface area (Å²) in [6, 6.07) is 12.3. The molecule has 0 radical (unpaired) electrons. The largest absolute Gasteiger partial charge is 0.492 e. The third-order valence-electron chi connectivity index (χ3n) is 5.18. The quantitative estimate of drug-likeness (QED) is 0.730. The summed E-state index contributed by atoms with van der Waals surface area (Å²) in [7, 11) is 0. The van der Waals surface area contributed by atoms with Crippen molar-refractivity contribution < 1.29 is 9.53 Å². The summed E-state index contributed by atoms with van der Waals surface area (Å²) >= 11 is 0. The van der Waals surface area contributed by atoms with Gasteiger partial charge in [0.25, 0.3) is 0 Å². The maximum Gasteiger partial charge on any atom is 0.224 e. The van der Waals surface area contributed by atoms with E-state index in [2.05, 4.69) is 18.8 Å². The topological polar surface area (TPSA) is 58.2 Å². The number of benzene rings is 2. The molecule has 0 bridgehead atoms. The number of hydrogen-bond donors (Lipinski definition) is 1. The Balaban J connectivity index is 1.88. The molecule has 5 nitrogen and oxygen atoms in total. The van der Waals surface area contributed by atoms with E-state index >= 15 is 0 Å². The lowest BCUT2D eigenvalue weighted by molar-refractivity contribution is -0.117. The zero-order chi connectivity index (χ0) is 19.0. The summed E-state index contributed by atoms with van der Waals surface area (Å²) in [6.07, 6.45) is 2.75. The van der Waals surface area contributed by atoms with E-state index in [0.29, 0.717) is 6.61 Å². The Bertz CT molecular complexity index is 959. The van der Waals surface area contributed by atoms with Crippen molar-refractivity contribution in [1.29, 1.82) is 0 Å². The molecule has 0 aliphatic carbocycles. The van der Waals surface area contributed by atoms with Gasteiger partial charge in [0.2, 0.25) is 5.91 Å². The molecule has 1 aromatic heterocycles. The van der Waals surface area contributed by atoms with Crippen LogP contribution in [0.2, 0.25) is 0 Å². The summed E-state index contributed by atoms with van der Waals surface area (Å²) in [5.74, 6) is 1.73. The van der Waals surface area contributed by atoms with Crippen molar-refractivity contribution in [3.05, 3.63) is 42.0 Å². The average molecular weight is 363 g/mol. The zero-order valence-corrected chi connectivity index (χ0v) is 16.1. The van der Waals surface area contributed by atoms with Crippen LogP contribution < -0.4 is 9.64 Å². The lowest BCUT2D eigenvalue weighted by atomic mass is 9.93. The fourth-order valence-electron chi connectivity index (χ4n) is 3.92. The fraction of sp³-hybridized carbons (Fsp3) is 0.364. The highest BCUT2D eigenvalue weighted by molar-refractivity contribution is 5.95. The van der Waals surface area contributed by atoms with Gasteiger partial charge < -0.3 is 14.6 Å².